The summed E-state index contributed by atoms with van der Waals surface area (Å²) in [7, 11) is 0. The van der Waals surface area contributed by atoms with Crippen LogP contribution in [0.25, 0.3) is 11.1 Å². The molecule has 1 aliphatic carbocycles. The van der Waals surface area contributed by atoms with E-state index in [1.807, 2.05) is 156 Å². The van der Waals surface area contributed by atoms with Crippen molar-refractivity contribution in [2.45, 2.75) is 126 Å². The van der Waals surface area contributed by atoms with Crippen LogP contribution < -0.4 is 0 Å². The Morgan fingerprint density at radius 3 is 0.640 bits per heavy atom. The molecule has 0 amide bonds. The zero-order valence-electron chi connectivity index (χ0n) is 46.6. The Hall–Kier alpha value is -6.80. The first-order valence-electron chi connectivity index (χ1n) is 26.1. The maximum Gasteiger partial charge on any atom is 0.411 e. The molecule has 0 N–H and O–H groups in total. The molecular weight excluding hydrogens is 957 g/mol. The van der Waals surface area contributed by atoms with Gasteiger partial charge in [-0.2, -0.15) is 26.3 Å². The van der Waals surface area contributed by atoms with E-state index in [1.54, 1.807) is 0 Å². The number of alkyl halides is 8. The third-order valence-corrected chi connectivity index (χ3v) is 9.96. The van der Waals surface area contributed by atoms with Crippen LogP contribution in [0, 0.1) is 0 Å². The van der Waals surface area contributed by atoms with Crippen LogP contribution in [-0.4, -0.2) is 18.3 Å². The first-order chi connectivity index (χ1) is 36.1. The fourth-order valence-corrected chi connectivity index (χ4v) is 7.53. The molecule has 9 rings (SSSR count). The molecule has 8 aromatic rings. The van der Waals surface area contributed by atoms with Gasteiger partial charge in [0, 0.05) is 0 Å². The van der Waals surface area contributed by atoms with Gasteiger partial charge in [-0.3, -0.25) is 0 Å². The third kappa shape index (κ3) is 20.8. The van der Waals surface area contributed by atoms with E-state index >= 15 is 0 Å². The van der Waals surface area contributed by atoms with E-state index in [4.69, 9.17) is 0 Å². The Bertz CT molecular complexity index is 2270. The van der Waals surface area contributed by atoms with E-state index in [2.05, 4.69) is 109 Å². The van der Waals surface area contributed by atoms with Crippen LogP contribution >= 0.6 is 0 Å². The molecule has 0 aromatic heterocycles. The molecule has 0 fully saturated rings. The minimum Gasteiger partial charge on any atom is -0.208 e. The highest BCUT2D eigenvalue weighted by Crippen LogP contribution is 2.57. The van der Waals surface area contributed by atoms with Crippen LogP contribution in [0.2, 0.25) is 0 Å². The van der Waals surface area contributed by atoms with Gasteiger partial charge in [-0.05, 0) is 58.4 Å². The Balaban J connectivity index is 0. The summed E-state index contributed by atoms with van der Waals surface area (Å²) in [4.78, 5) is 0. The molecule has 0 heterocycles. The second-order valence-corrected chi connectivity index (χ2v) is 14.7. The Labute approximate surface area is 446 Å². The van der Waals surface area contributed by atoms with E-state index in [-0.39, 0.29) is 5.41 Å². The Morgan fingerprint density at radius 2 is 0.427 bits per heavy atom. The third-order valence-electron chi connectivity index (χ3n) is 9.96. The summed E-state index contributed by atoms with van der Waals surface area (Å²) in [5.74, 6) is -2.50. The van der Waals surface area contributed by atoms with E-state index in [0.29, 0.717) is 0 Å². The highest BCUT2D eigenvalue weighted by Gasteiger charge is 2.72. The van der Waals surface area contributed by atoms with E-state index in [0.717, 1.165) is 62.4 Å². The molecule has 0 saturated carbocycles. The second-order valence-electron chi connectivity index (χ2n) is 14.7. The van der Waals surface area contributed by atoms with Gasteiger partial charge in [0.25, 0.3) is 0 Å². The van der Waals surface area contributed by atoms with Crippen LogP contribution in [0.3, 0.4) is 0 Å². The topological polar surface area (TPSA) is 0 Å². The van der Waals surface area contributed by atoms with Gasteiger partial charge in [0.2, 0.25) is 11.3 Å². The van der Waals surface area contributed by atoms with Crippen molar-refractivity contribution in [1.29, 1.82) is 0 Å². The highest BCUT2D eigenvalue weighted by atomic mass is 19.4. The molecule has 75 heavy (non-hydrogen) atoms. The fraction of sp³-hybridized carbons (Fsp3) is 0.284. The zero-order chi connectivity index (χ0) is 57.4. The Morgan fingerprint density at radius 1 is 0.253 bits per heavy atom. The first-order valence-corrected chi connectivity index (χ1v) is 26.1. The summed E-state index contributed by atoms with van der Waals surface area (Å²) in [5, 5.41) is 0. The van der Waals surface area contributed by atoms with Crippen molar-refractivity contribution in [1.82, 2.24) is 0 Å². The molecule has 8 aromatic carbocycles. The van der Waals surface area contributed by atoms with Gasteiger partial charge in [-0.15, -0.1) is 0 Å². The molecule has 0 saturated heterocycles. The monoisotopic (exact) mass is 1040 g/mol. The average molecular weight is 1040 g/mol. The molecule has 0 atom stereocenters. The lowest BCUT2D eigenvalue weighted by Crippen LogP contribution is -2.54. The van der Waals surface area contributed by atoms with Crippen molar-refractivity contribution in [2.24, 2.45) is 0 Å². The number of halogens is 8. The summed E-state index contributed by atoms with van der Waals surface area (Å²) in [5.41, 5.74) is 2.06. The van der Waals surface area contributed by atoms with Crippen LogP contribution in [0.15, 0.2) is 243 Å². The maximum atomic E-state index is 13.5. The number of benzene rings is 8. The van der Waals surface area contributed by atoms with Crippen LogP contribution in [0.4, 0.5) is 35.1 Å². The summed E-state index contributed by atoms with van der Waals surface area (Å²) in [6.45, 7) is 25.7. The Kier molecular flexibility index (Phi) is 36.3. The predicted molar refractivity (Wildman–Crippen MR) is 307 cm³/mol. The molecule has 0 bridgehead atoms. The van der Waals surface area contributed by atoms with Crippen LogP contribution in [-0.2, 0) is 10.8 Å². The van der Waals surface area contributed by atoms with Gasteiger partial charge >= 0.3 is 12.4 Å². The number of hydrogen-bond donors (Lipinski definition) is 0. The number of fused-ring (bicyclic) bond motifs is 3. The van der Waals surface area contributed by atoms with Gasteiger partial charge in [0.15, 0.2) is 0 Å². The molecule has 8 heteroatoms. The van der Waals surface area contributed by atoms with Crippen molar-refractivity contribution in [3.63, 3.8) is 0 Å². The van der Waals surface area contributed by atoms with Crippen LogP contribution in [0.5, 0.6) is 0 Å². The summed E-state index contributed by atoms with van der Waals surface area (Å²) < 4.78 is 103. The van der Waals surface area contributed by atoms with Gasteiger partial charge in [-0.1, -0.05) is 326 Å². The minimum absolute atomic E-state index is 0.254. The van der Waals surface area contributed by atoms with Gasteiger partial charge < -0.3 is 0 Å². The second kappa shape index (κ2) is 38.7. The maximum absolute atomic E-state index is 13.5. The van der Waals surface area contributed by atoms with Crippen molar-refractivity contribution in [3.05, 3.63) is 276 Å². The number of rotatable bonds is 4. The lowest BCUT2D eigenvalue weighted by atomic mass is 9.68. The zero-order valence-corrected chi connectivity index (χ0v) is 46.6. The standard InChI is InChI=1S/C25H18.C15H10F6.2C6H6.C3H6F2.6C2H6/c1-3-11-19(12-4-1)25(20-13-5-2-6-14-20)23-17-9-7-15-21(23)22-16-8-10-18-24(22)25;16-14(17,18)13(15(19,20)21,11-7-3-1-4-8-11)12-9-5-2-6-10-12;2*1-2-4-6-5-3-1;1-3(2,4)5;6*1-2/h1-18H;1-10H;2*1-6H;1-2H3;6*1-2H3. The summed E-state index contributed by atoms with van der Waals surface area (Å²) >= 11 is 0. The van der Waals surface area contributed by atoms with Gasteiger partial charge in [0.1, 0.15) is 0 Å². The van der Waals surface area contributed by atoms with E-state index in [1.165, 1.54) is 45.5 Å². The molecule has 0 aliphatic heterocycles. The summed E-state index contributed by atoms with van der Waals surface area (Å²) in [6, 6.07) is 74.2. The lowest BCUT2D eigenvalue weighted by Gasteiger charge is -2.38. The fourth-order valence-electron chi connectivity index (χ4n) is 7.53. The smallest absolute Gasteiger partial charge is 0.208 e. The molecular formula is C67H82F8. The largest absolute Gasteiger partial charge is 0.411 e. The minimum atomic E-state index is -5.52. The molecule has 0 radical (unpaired) electrons. The van der Waals surface area contributed by atoms with Crippen LogP contribution in [0.1, 0.15) is 130 Å². The SMILES string of the molecule is CC.CC.CC.CC.CC.CC.CC(C)(F)F.FC(F)(F)C(c1ccccc1)(c1ccccc1)C(F)(F)F.c1ccc(C2(c3ccccc3)c3ccccc3-c3ccccc32)cc1.c1ccccc1.c1ccccc1. The summed E-state index contributed by atoms with van der Waals surface area (Å²) in [6.07, 6.45) is -11.0. The van der Waals surface area contributed by atoms with Crippen molar-refractivity contribution in [2.75, 3.05) is 0 Å². The quantitative estimate of drug-likeness (QED) is 0.154. The van der Waals surface area contributed by atoms with Gasteiger partial charge in [-0.25, -0.2) is 8.78 Å². The highest BCUT2D eigenvalue weighted by molar-refractivity contribution is 5.86. The normalized spacial score (nSPS) is 10.9. The van der Waals surface area contributed by atoms with E-state index in [9.17, 15) is 35.1 Å². The molecule has 406 valence electrons. The van der Waals surface area contributed by atoms with Crippen molar-refractivity contribution >= 4 is 0 Å². The van der Waals surface area contributed by atoms with Crippen molar-refractivity contribution < 1.29 is 35.1 Å². The molecule has 0 nitrogen and oxygen atoms in total. The van der Waals surface area contributed by atoms with E-state index < -0.39 is 34.8 Å². The van der Waals surface area contributed by atoms with Crippen molar-refractivity contribution in [3.8, 4) is 11.1 Å². The molecule has 0 unspecified atom stereocenters. The molecule has 0 spiro atoms. The number of hydrogen-bond acceptors (Lipinski definition) is 0. The lowest BCUT2D eigenvalue weighted by molar-refractivity contribution is -0.288. The predicted octanol–water partition coefficient (Wildman–Crippen LogP) is 22.3. The van der Waals surface area contributed by atoms with Gasteiger partial charge in [0.05, 0.1) is 5.41 Å². The average Bonchev–Trinajstić information content (AvgIpc) is 3.77. The first kappa shape index (κ1) is 70.3. The molecule has 1 aliphatic rings.